The van der Waals surface area contributed by atoms with E-state index in [0.29, 0.717) is 13.2 Å². The summed E-state index contributed by atoms with van der Waals surface area (Å²) in [7, 11) is 1.90. The predicted octanol–water partition coefficient (Wildman–Crippen LogP) is 1.63. The molecule has 0 aliphatic rings. The van der Waals surface area contributed by atoms with Gasteiger partial charge in [0.2, 0.25) is 0 Å². The summed E-state index contributed by atoms with van der Waals surface area (Å²) in [6, 6.07) is 3.91. The SMILES string of the molecule is CCOC(=O)CN(C)CCc1ccc(C)o1. The van der Waals surface area contributed by atoms with Crippen LogP contribution in [0.25, 0.3) is 0 Å². The summed E-state index contributed by atoms with van der Waals surface area (Å²) >= 11 is 0. The Bertz CT molecular complexity index is 333. The van der Waals surface area contributed by atoms with Gasteiger partial charge in [-0.15, -0.1) is 0 Å². The fraction of sp³-hybridized carbons (Fsp3) is 0.583. The molecule has 0 bridgehead atoms. The van der Waals surface area contributed by atoms with Crippen LogP contribution in [0.15, 0.2) is 16.5 Å². The molecule has 1 heterocycles. The fourth-order valence-electron chi connectivity index (χ4n) is 1.43. The number of rotatable bonds is 6. The Morgan fingerprint density at radius 2 is 2.25 bits per heavy atom. The smallest absolute Gasteiger partial charge is 0.320 e. The first kappa shape index (κ1) is 12.8. The molecule has 0 aliphatic heterocycles. The van der Waals surface area contributed by atoms with E-state index in [9.17, 15) is 4.79 Å². The average Bonchev–Trinajstić information content (AvgIpc) is 2.61. The highest BCUT2D eigenvalue weighted by atomic mass is 16.5. The fourth-order valence-corrected chi connectivity index (χ4v) is 1.43. The van der Waals surface area contributed by atoms with Gasteiger partial charge in [-0.05, 0) is 33.0 Å². The maximum atomic E-state index is 11.2. The summed E-state index contributed by atoms with van der Waals surface area (Å²) in [5.74, 6) is 1.69. The second-order valence-corrected chi connectivity index (χ2v) is 3.81. The zero-order valence-electron chi connectivity index (χ0n) is 10.2. The monoisotopic (exact) mass is 225 g/mol. The van der Waals surface area contributed by atoms with Gasteiger partial charge in [0.15, 0.2) is 0 Å². The Morgan fingerprint density at radius 1 is 1.50 bits per heavy atom. The quantitative estimate of drug-likeness (QED) is 0.690. The van der Waals surface area contributed by atoms with E-state index >= 15 is 0 Å². The van der Waals surface area contributed by atoms with Gasteiger partial charge in [-0.25, -0.2) is 0 Å². The van der Waals surface area contributed by atoms with Crippen molar-refractivity contribution in [2.75, 3.05) is 26.7 Å². The van der Waals surface area contributed by atoms with Crippen LogP contribution in [0.1, 0.15) is 18.4 Å². The van der Waals surface area contributed by atoms with Crippen LogP contribution >= 0.6 is 0 Å². The molecule has 0 fully saturated rings. The second kappa shape index (κ2) is 6.33. The van der Waals surface area contributed by atoms with Crippen molar-refractivity contribution in [1.29, 1.82) is 0 Å². The summed E-state index contributed by atoms with van der Waals surface area (Å²) in [5, 5.41) is 0. The van der Waals surface area contributed by atoms with Gasteiger partial charge in [0, 0.05) is 13.0 Å². The predicted molar refractivity (Wildman–Crippen MR) is 61.3 cm³/mol. The van der Waals surface area contributed by atoms with Crippen molar-refractivity contribution in [1.82, 2.24) is 4.90 Å². The number of ether oxygens (including phenoxy) is 1. The molecular weight excluding hydrogens is 206 g/mol. The summed E-state index contributed by atoms with van der Waals surface area (Å²) in [4.78, 5) is 13.1. The van der Waals surface area contributed by atoms with Gasteiger partial charge in [0.25, 0.3) is 0 Å². The lowest BCUT2D eigenvalue weighted by atomic mass is 10.3. The van der Waals surface area contributed by atoms with E-state index in [0.717, 1.165) is 24.5 Å². The van der Waals surface area contributed by atoms with Gasteiger partial charge < -0.3 is 9.15 Å². The number of hydrogen-bond donors (Lipinski definition) is 0. The van der Waals surface area contributed by atoms with Gasteiger partial charge in [0.1, 0.15) is 11.5 Å². The molecule has 0 radical (unpaired) electrons. The van der Waals surface area contributed by atoms with Gasteiger partial charge in [-0.3, -0.25) is 9.69 Å². The van der Waals surface area contributed by atoms with Crippen LogP contribution in [0.5, 0.6) is 0 Å². The highest BCUT2D eigenvalue weighted by Crippen LogP contribution is 2.07. The van der Waals surface area contributed by atoms with Gasteiger partial charge >= 0.3 is 5.97 Å². The van der Waals surface area contributed by atoms with Crippen molar-refractivity contribution < 1.29 is 13.9 Å². The normalized spacial score (nSPS) is 10.8. The minimum absolute atomic E-state index is 0.180. The minimum atomic E-state index is -0.180. The number of aryl methyl sites for hydroxylation is 1. The molecule has 0 spiro atoms. The molecule has 1 aromatic rings. The molecule has 16 heavy (non-hydrogen) atoms. The molecule has 0 saturated carbocycles. The standard InChI is InChI=1S/C12H19NO3/c1-4-15-12(14)9-13(3)8-7-11-6-5-10(2)16-11/h5-6H,4,7-9H2,1-3H3. The molecule has 4 heteroatoms. The van der Waals surface area contributed by atoms with Crippen molar-refractivity contribution in [3.8, 4) is 0 Å². The molecular formula is C12H19NO3. The third-order valence-corrected chi connectivity index (χ3v) is 2.24. The first-order valence-corrected chi connectivity index (χ1v) is 5.51. The number of likely N-dealkylation sites (N-methyl/N-ethyl adjacent to an activating group) is 1. The highest BCUT2D eigenvalue weighted by Gasteiger charge is 2.07. The van der Waals surface area contributed by atoms with E-state index < -0.39 is 0 Å². The van der Waals surface area contributed by atoms with Gasteiger partial charge in [-0.1, -0.05) is 0 Å². The van der Waals surface area contributed by atoms with Crippen molar-refractivity contribution in [3.05, 3.63) is 23.7 Å². The molecule has 0 amide bonds. The molecule has 1 rings (SSSR count). The van der Waals surface area contributed by atoms with Crippen LogP contribution in [0.4, 0.5) is 0 Å². The lowest BCUT2D eigenvalue weighted by Crippen LogP contribution is -2.29. The molecule has 90 valence electrons. The topological polar surface area (TPSA) is 42.7 Å². The Hall–Kier alpha value is -1.29. The van der Waals surface area contributed by atoms with Gasteiger partial charge in [0.05, 0.1) is 13.2 Å². The number of hydrogen-bond acceptors (Lipinski definition) is 4. The van der Waals surface area contributed by atoms with Crippen LogP contribution in [0.2, 0.25) is 0 Å². The third-order valence-electron chi connectivity index (χ3n) is 2.24. The summed E-state index contributed by atoms with van der Waals surface area (Å²) in [6.07, 6.45) is 0.809. The summed E-state index contributed by atoms with van der Waals surface area (Å²) < 4.78 is 10.3. The maximum Gasteiger partial charge on any atom is 0.320 e. The van der Waals surface area contributed by atoms with Gasteiger partial charge in [-0.2, -0.15) is 0 Å². The van der Waals surface area contributed by atoms with E-state index in [4.69, 9.17) is 9.15 Å². The lowest BCUT2D eigenvalue weighted by molar-refractivity contribution is -0.144. The average molecular weight is 225 g/mol. The van der Waals surface area contributed by atoms with Crippen LogP contribution in [-0.2, 0) is 16.0 Å². The Morgan fingerprint density at radius 3 is 2.81 bits per heavy atom. The lowest BCUT2D eigenvalue weighted by Gasteiger charge is -2.14. The van der Waals surface area contributed by atoms with E-state index in [1.807, 2.05) is 37.9 Å². The molecule has 0 saturated heterocycles. The molecule has 0 unspecified atom stereocenters. The van der Waals surface area contributed by atoms with Crippen molar-refractivity contribution in [2.45, 2.75) is 20.3 Å². The van der Waals surface area contributed by atoms with Crippen molar-refractivity contribution in [2.24, 2.45) is 0 Å². The van der Waals surface area contributed by atoms with E-state index in [1.54, 1.807) is 0 Å². The molecule has 0 atom stereocenters. The molecule has 4 nitrogen and oxygen atoms in total. The second-order valence-electron chi connectivity index (χ2n) is 3.81. The third kappa shape index (κ3) is 4.49. The molecule has 0 aliphatic carbocycles. The number of nitrogens with zero attached hydrogens (tertiary/aromatic N) is 1. The van der Waals surface area contributed by atoms with E-state index in [2.05, 4.69) is 0 Å². The molecule has 0 aromatic carbocycles. The van der Waals surface area contributed by atoms with Crippen LogP contribution in [0.3, 0.4) is 0 Å². The first-order chi connectivity index (χ1) is 7.61. The largest absolute Gasteiger partial charge is 0.466 e. The molecule has 1 aromatic heterocycles. The number of carbonyl (C=O) groups excluding carboxylic acids is 1. The number of esters is 1. The minimum Gasteiger partial charge on any atom is -0.466 e. The summed E-state index contributed by atoms with van der Waals surface area (Å²) in [6.45, 7) is 5.28. The number of furan rings is 1. The summed E-state index contributed by atoms with van der Waals surface area (Å²) in [5.41, 5.74) is 0. The van der Waals surface area contributed by atoms with Crippen molar-refractivity contribution in [3.63, 3.8) is 0 Å². The van der Waals surface area contributed by atoms with Crippen LogP contribution in [0, 0.1) is 6.92 Å². The zero-order chi connectivity index (χ0) is 12.0. The Kier molecular flexibility index (Phi) is 5.05. The van der Waals surface area contributed by atoms with Crippen LogP contribution < -0.4 is 0 Å². The van der Waals surface area contributed by atoms with E-state index in [-0.39, 0.29) is 5.97 Å². The van der Waals surface area contributed by atoms with Crippen molar-refractivity contribution >= 4 is 5.97 Å². The Balaban J connectivity index is 2.24. The number of carbonyl (C=O) groups is 1. The first-order valence-electron chi connectivity index (χ1n) is 5.51. The highest BCUT2D eigenvalue weighted by molar-refractivity contribution is 5.71. The van der Waals surface area contributed by atoms with Crippen LogP contribution in [-0.4, -0.2) is 37.6 Å². The Labute approximate surface area is 96.2 Å². The van der Waals surface area contributed by atoms with E-state index in [1.165, 1.54) is 0 Å². The zero-order valence-corrected chi connectivity index (χ0v) is 10.2. The molecule has 0 N–H and O–H groups in total. The maximum absolute atomic E-state index is 11.2.